The number of hydrogen-bond acceptors (Lipinski definition) is 8. The Hall–Kier alpha value is -4.15. The van der Waals surface area contributed by atoms with E-state index < -0.39 is 23.1 Å². The Morgan fingerprint density at radius 3 is 2.27 bits per heavy atom. The first kappa shape index (κ1) is 30.9. The Morgan fingerprint density at radius 2 is 1.73 bits per heavy atom. The molecule has 3 saturated heterocycles. The van der Waals surface area contributed by atoms with E-state index in [-0.39, 0.29) is 57.0 Å². The Bertz CT molecular complexity index is 1820. The summed E-state index contributed by atoms with van der Waals surface area (Å²) in [4.78, 5) is 12.8. The molecule has 0 aliphatic carbocycles. The maximum absolute atomic E-state index is 16.6. The van der Waals surface area contributed by atoms with Crippen molar-refractivity contribution in [3.8, 4) is 23.2 Å². The van der Waals surface area contributed by atoms with Gasteiger partial charge in [-0.1, -0.05) is 6.92 Å². The van der Waals surface area contributed by atoms with Gasteiger partial charge in [0.25, 0.3) is 0 Å². The number of likely N-dealkylation sites (tertiary alicyclic amines) is 1. The third kappa shape index (κ3) is 5.29. The van der Waals surface area contributed by atoms with Crippen LogP contribution >= 0.6 is 0 Å². The first-order chi connectivity index (χ1) is 21.3. The van der Waals surface area contributed by atoms with Crippen molar-refractivity contribution in [3.05, 3.63) is 40.8 Å². The number of nitrogens with zero attached hydrogens (tertiary/aromatic N) is 6. The number of nitriles is 1. The topological polar surface area (TPSA) is 108 Å². The summed E-state index contributed by atoms with van der Waals surface area (Å²) in [5.74, 6) is -0.000374. The van der Waals surface area contributed by atoms with Crippen LogP contribution in [-0.4, -0.2) is 71.9 Å². The second-order valence-corrected chi connectivity index (χ2v) is 12.5. The molecule has 2 atom stereocenters. The number of nitrogen functional groups attached to an aromatic ring is 1. The number of benzene rings is 2. The number of piperazine rings is 1. The Labute approximate surface area is 258 Å². The SMILES string of the molecule is CC1CN(C)C1.COc1nc(N2CC3CCC(C2)N3)c2cc(C(F)(F)F)c(-c3c(C)n(C)c4ccc(N)c(C#N)c34)c(F)c2n1. The van der Waals surface area contributed by atoms with E-state index in [1.807, 2.05) is 11.0 Å². The molecule has 238 valence electrons. The Morgan fingerprint density at radius 1 is 1.07 bits per heavy atom. The lowest BCUT2D eigenvalue weighted by Gasteiger charge is -2.34. The van der Waals surface area contributed by atoms with Gasteiger partial charge in [0.05, 0.1) is 29.4 Å². The van der Waals surface area contributed by atoms with Crippen LogP contribution in [0.1, 0.15) is 36.6 Å². The zero-order valence-corrected chi connectivity index (χ0v) is 25.9. The van der Waals surface area contributed by atoms with Crippen molar-refractivity contribution in [2.45, 2.75) is 44.9 Å². The highest BCUT2D eigenvalue weighted by Crippen LogP contribution is 2.48. The normalized spacial score (nSPS) is 20.2. The zero-order valence-electron chi connectivity index (χ0n) is 25.9. The molecule has 3 N–H and O–H groups in total. The molecule has 3 aliphatic rings. The van der Waals surface area contributed by atoms with Gasteiger partial charge in [-0.15, -0.1) is 0 Å². The number of methoxy groups -OCH3 is 1. The summed E-state index contributed by atoms with van der Waals surface area (Å²) in [5.41, 5.74) is 4.69. The van der Waals surface area contributed by atoms with Crippen LogP contribution in [0, 0.1) is 30.0 Å². The summed E-state index contributed by atoms with van der Waals surface area (Å²) in [6.07, 6.45) is -3.04. The molecule has 0 spiro atoms. The highest BCUT2D eigenvalue weighted by Gasteiger charge is 2.40. The average Bonchev–Trinajstić information content (AvgIpc) is 3.45. The molecular weight excluding hydrogens is 588 g/mol. The summed E-state index contributed by atoms with van der Waals surface area (Å²) < 4.78 is 67.7. The van der Waals surface area contributed by atoms with E-state index in [2.05, 4.69) is 34.2 Å². The van der Waals surface area contributed by atoms with Gasteiger partial charge in [-0.25, -0.2) is 4.39 Å². The molecule has 13 heteroatoms. The Kier molecular flexibility index (Phi) is 7.77. The fourth-order valence-corrected chi connectivity index (χ4v) is 7.07. The number of aryl methyl sites for hydroxylation is 1. The molecule has 45 heavy (non-hydrogen) atoms. The number of anilines is 2. The first-order valence-electron chi connectivity index (χ1n) is 14.9. The molecule has 0 saturated carbocycles. The van der Waals surface area contributed by atoms with Crippen molar-refractivity contribution >= 4 is 33.3 Å². The van der Waals surface area contributed by atoms with E-state index in [1.165, 1.54) is 26.3 Å². The van der Waals surface area contributed by atoms with Crippen LogP contribution in [0.25, 0.3) is 32.9 Å². The summed E-state index contributed by atoms with van der Waals surface area (Å²) in [7, 11) is 5.12. The van der Waals surface area contributed by atoms with Gasteiger partial charge in [0.15, 0.2) is 5.82 Å². The first-order valence-corrected chi connectivity index (χ1v) is 14.9. The van der Waals surface area contributed by atoms with Crippen LogP contribution in [0.2, 0.25) is 0 Å². The predicted molar refractivity (Wildman–Crippen MR) is 166 cm³/mol. The van der Waals surface area contributed by atoms with Crippen LogP contribution < -0.4 is 20.7 Å². The lowest BCUT2D eigenvalue weighted by Crippen LogP contribution is -2.51. The number of nitrogens with two attached hydrogens (primary N) is 1. The van der Waals surface area contributed by atoms with E-state index >= 15 is 4.39 Å². The van der Waals surface area contributed by atoms with Crippen LogP contribution in [-0.2, 0) is 13.2 Å². The second-order valence-electron chi connectivity index (χ2n) is 12.5. The molecule has 3 aliphatic heterocycles. The molecule has 3 fully saturated rings. The lowest BCUT2D eigenvalue weighted by atomic mass is 9.92. The van der Waals surface area contributed by atoms with E-state index in [4.69, 9.17) is 10.5 Å². The van der Waals surface area contributed by atoms with Gasteiger partial charge in [0, 0.05) is 72.9 Å². The standard InChI is InChI=1S/C27H25F4N7O.C5H11N/c1-12-20(21-16(9-32)18(33)6-7-19(21)37(12)2)22-17(27(29,30)31)8-15-24(23(22)28)35-26(39-3)36-25(15)38-10-13-4-5-14(11-38)34-13;1-5-3-6(2)4-5/h6-8,13-14,34H,4-5,10-11,33H2,1-3H3;5H,3-4H2,1-2H3. The summed E-state index contributed by atoms with van der Waals surface area (Å²) in [6.45, 7) is 7.51. The van der Waals surface area contributed by atoms with Crippen molar-refractivity contribution in [2.24, 2.45) is 13.0 Å². The molecule has 9 nitrogen and oxygen atoms in total. The van der Waals surface area contributed by atoms with Crippen molar-refractivity contribution < 1.29 is 22.3 Å². The molecule has 2 unspecified atom stereocenters. The van der Waals surface area contributed by atoms with E-state index in [9.17, 15) is 18.4 Å². The van der Waals surface area contributed by atoms with E-state index in [0.717, 1.165) is 24.8 Å². The summed E-state index contributed by atoms with van der Waals surface area (Å²) >= 11 is 0. The fraction of sp³-hybridized carbons (Fsp3) is 0.469. The third-order valence-electron chi connectivity index (χ3n) is 9.19. The molecule has 0 amide bonds. The van der Waals surface area contributed by atoms with Crippen LogP contribution in [0.3, 0.4) is 0 Å². The number of aromatic nitrogens is 3. The second kappa shape index (κ2) is 11.3. The number of ether oxygens (including phenoxy) is 1. The van der Waals surface area contributed by atoms with Crippen molar-refractivity contribution in [2.75, 3.05) is 51.0 Å². The molecule has 7 rings (SSSR count). The van der Waals surface area contributed by atoms with Crippen LogP contribution in [0.15, 0.2) is 18.2 Å². The number of fused-ring (bicyclic) bond motifs is 4. The van der Waals surface area contributed by atoms with Gasteiger partial charge < -0.3 is 30.2 Å². The van der Waals surface area contributed by atoms with Crippen LogP contribution in [0.4, 0.5) is 29.1 Å². The summed E-state index contributed by atoms with van der Waals surface area (Å²) in [5, 5.41) is 13.4. The molecular formula is C32H36F4N8O. The smallest absolute Gasteiger partial charge is 0.417 e. The number of nitrogens with one attached hydrogen (secondary N) is 1. The molecule has 2 bridgehead atoms. The zero-order chi connectivity index (χ0) is 32.4. The van der Waals surface area contributed by atoms with Crippen molar-refractivity contribution in [1.29, 1.82) is 5.26 Å². The minimum atomic E-state index is -4.92. The van der Waals surface area contributed by atoms with Gasteiger partial charge in [0.2, 0.25) is 0 Å². The third-order valence-corrected chi connectivity index (χ3v) is 9.19. The number of hydrogen-bond donors (Lipinski definition) is 2. The highest BCUT2D eigenvalue weighted by molar-refractivity contribution is 6.07. The Balaban J connectivity index is 0.000000535. The van der Waals surface area contributed by atoms with Gasteiger partial charge in [0.1, 0.15) is 17.4 Å². The van der Waals surface area contributed by atoms with Crippen molar-refractivity contribution in [1.82, 2.24) is 24.8 Å². The minimum Gasteiger partial charge on any atom is -0.467 e. The fourth-order valence-electron chi connectivity index (χ4n) is 7.07. The lowest BCUT2D eigenvalue weighted by molar-refractivity contribution is -0.137. The maximum atomic E-state index is 16.6. The number of halogens is 4. The minimum absolute atomic E-state index is 0.0175. The largest absolute Gasteiger partial charge is 0.467 e. The molecule has 2 aromatic carbocycles. The van der Waals surface area contributed by atoms with Gasteiger partial charge in [-0.3, -0.25) is 0 Å². The van der Waals surface area contributed by atoms with E-state index in [1.54, 1.807) is 24.6 Å². The predicted octanol–water partition coefficient (Wildman–Crippen LogP) is 5.23. The monoisotopic (exact) mass is 624 g/mol. The quantitative estimate of drug-likeness (QED) is 0.236. The maximum Gasteiger partial charge on any atom is 0.417 e. The molecule has 4 aromatic rings. The van der Waals surface area contributed by atoms with Gasteiger partial charge >= 0.3 is 12.2 Å². The van der Waals surface area contributed by atoms with Gasteiger partial charge in [-0.05, 0) is 50.9 Å². The molecule has 2 aromatic heterocycles. The number of alkyl halides is 3. The van der Waals surface area contributed by atoms with E-state index in [0.29, 0.717) is 24.3 Å². The molecule has 0 radical (unpaired) electrons. The molecule has 5 heterocycles. The summed E-state index contributed by atoms with van der Waals surface area (Å²) in [6, 6.07) is 6.21. The average molecular weight is 625 g/mol. The van der Waals surface area contributed by atoms with Gasteiger partial charge in [-0.2, -0.15) is 28.4 Å². The highest BCUT2D eigenvalue weighted by atomic mass is 19.4. The van der Waals surface area contributed by atoms with Crippen LogP contribution in [0.5, 0.6) is 6.01 Å². The van der Waals surface area contributed by atoms with Crippen molar-refractivity contribution in [3.63, 3.8) is 0 Å². The number of rotatable bonds is 3.